The summed E-state index contributed by atoms with van der Waals surface area (Å²) in [5, 5.41) is 5.90. The summed E-state index contributed by atoms with van der Waals surface area (Å²) < 4.78 is 67.2. The maximum absolute atomic E-state index is 13.1. The van der Waals surface area contributed by atoms with Crippen LogP contribution in [0.5, 0.6) is 23.1 Å². The maximum Gasteiger partial charge on any atom is 0.416 e. The van der Waals surface area contributed by atoms with E-state index in [1.165, 1.54) is 55.8 Å². The highest BCUT2D eigenvalue weighted by Crippen LogP contribution is 2.31. The predicted octanol–water partition coefficient (Wildman–Crippen LogP) is 4.81. The number of oxime groups is 1. The van der Waals surface area contributed by atoms with Crippen molar-refractivity contribution in [1.82, 2.24) is 10.3 Å². The molecule has 35 heavy (non-hydrogen) atoms. The number of methoxy groups -OCH3 is 1. The number of rotatable bonds is 10. The van der Waals surface area contributed by atoms with Crippen molar-refractivity contribution in [3.8, 4) is 23.1 Å². The fourth-order valence-corrected chi connectivity index (χ4v) is 2.70. The topological polar surface area (TPSA) is 91.3 Å². The smallest absolute Gasteiger partial charge is 0.416 e. The first-order valence-electron chi connectivity index (χ1n) is 9.99. The van der Waals surface area contributed by atoms with E-state index in [1.54, 1.807) is 0 Å². The van der Waals surface area contributed by atoms with Gasteiger partial charge in [-0.3, -0.25) is 4.79 Å². The molecule has 0 radical (unpaired) electrons. The minimum Gasteiger partial charge on any atom is -0.496 e. The van der Waals surface area contributed by atoms with E-state index >= 15 is 0 Å². The number of hydrogen-bond donors (Lipinski definition) is 1. The molecule has 0 aliphatic carbocycles. The zero-order chi connectivity index (χ0) is 25.3. The first kappa shape index (κ1) is 25.3. The molecule has 2 aromatic carbocycles. The molecule has 1 amide bonds. The highest BCUT2D eigenvalue weighted by atomic mass is 19.4. The van der Waals surface area contributed by atoms with Gasteiger partial charge in [0.2, 0.25) is 5.88 Å². The van der Waals surface area contributed by atoms with E-state index < -0.39 is 23.5 Å². The average Bonchev–Trinajstić information content (AvgIpc) is 2.84. The summed E-state index contributed by atoms with van der Waals surface area (Å²) in [4.78, 5) is 21.6. The van der Waals surface area contributed by atoms with Crippen LogP contribution in [-0.4, -0.2) is 37.6 Å². The summed E-state index contributed by atoms with van der Waals surface area (Å²) in [5.41, 5.74) is -0.871. The Morgan fingerprint density at radius 1 is 1.09 bits per heavy atom. The predicted molar refractivity (Wildman–Crippen MR) is 116 cm³/mol. The highest BCUT2D eigenvalue weighted by molar-refractivity contribution is 6.04. The van der Waals surface area contributed by atoms with Gasteiger partial charge in [-0.05, 0) is 48.5 Å². The molecule has 3 aromatic rings. The molecule has 0 aliphatic heterocycles. The van der Waals surface area contributed by atoms with Crippen molar-refractivity contribution in [2.75, 3.05) is 20.3 Å². The van der Waals surface area contributed by atoms with Gasteiger partial charge in [-0.1, -0.05) is 11.2 Å². The number of nitrogens with one attached hydrogen (secondary N) is 1. The van der Waals surface area contributed by atoms with E-state index in [1.807, 2.05) is 0 Å². The number of carbonyl (C=O) groups is 1. The summed E-state index contributed by atoms with van der Waals surface area (Å²) in [5.74, 6) is -0.780. The molecule has 0 saturated heterocycles. The van der Waals surface area contributed by atoms with Gasteiger partial charge >= 0.3 is 6.18 Å². The molecule has 0 unspecified atom stereocenters. The molecule has 1 aromatic heterocycles. The van der Waals surface area contributed by atoms with Crippen LogP contribution in [0.15, 0.2) is 65.9 Å². The molecule has 8 nitrogen and oxygen atoms in total. The zero-order valence-electron chi connectivity index (χ0n) is 18.2. The molecule has 0 fully saturated rings. The van der Waals surface area contributed by atoms with Gasteiger partial charge in [-0.15, -0.1) is 0 Å². The lowest BCUT2D eigenvalue weighted by Gasteiger charge is -2.12. The van der Waals surface area contributed by atoms with Crippen LogP contribution in [0, 0.1) is 5.82 Å². The van der Waals surface area contributed by atoms with Crippen LogP contribution in [0.3, 0.4) is 0 Å². The molecular weight excluding hydrogens is 474 g/mol. The number of nitrogens with zero attached hydrogens (tertiary/aromatic N) is 2. The normalized spacial score (nSPS) is 11.2. The van der Waals surface area contributed by atoms with Crippen molar-refractivity contribution in [2.45, 2.75) is 6.18 Å². The van der Waals surface area contributed by atoms with Crippen molar-refractivity contribution >= 4 is 12.2 Å². The van der Waals surface area contributed by atoms with E-state index in [2.05, 4.69) is 15.5 Å². The number of ether oxygens (including phenoxy) is 3. The van der Waals surface area contributed by atoms with Crippen LogP contribution in [-0.2, 0) is 11.0 Å². The van der Waals surface area contributed by atoms with Gasteiger partial charge in [-0.25, -0.2) is 9.37 Å². The molecule has 184 valence electrons. The Morgan fingerprint density at radius 2 is 1.86 bits per heavy atom. The summed E-state index contributed by atoms with van der Waals surface area (Å²) in [7, 11) is 1.36. The van der Waals surface area contributed by atoms with Crippen LogP contribution in [0.2, 0.25) is 0 Å². The minimum atomic E-state index is -4.47. The quantitative estimate of drug-likeness (QED) is 0.143. The number of aromatic nitrogens is 1. The third-order valence-electron chi connectivity index (χ3n) is 4.28. The monoisotopic (exact) mass is 493 g/mol. The Kier molecular flexibility index (Phi) is 8.43. The van der Waals surface area contributed by atoms with E-state index in [-0.39, 0.29) is 41.9 Å². The fourth-order valence-electron chi connectivity index (χ4n) is 2.70. The van der Waals surface area contributed by atoms with Crippen LogP contribution < -0.4 is 19.5 Å². The van der Waals surface area contributed by atoms with Crippen molar-refractivity contribution in [3.63, 3.8) is 0 Å². The third kappa shape index (κ3) is 7.32. The minimum absolute atomic E-state index is 0.0260. The van der Waals surface area contributed by atoms with Gasteiger partial charge in [-0.2, -0.15) is 13.2 Å². The first-order chi connectivity index (χ1) is 16.8. The lowest BCUT2D eigenvalue weighted by Crippen LogP contribution is -2.23. The maximum atomic E-state index is 13.1. The van der Waals surface area contributed by atoms with Crippen LogP contribution in [0.1, 0.15) is 15.9 Å². The number of pyridine rings is 1. The molecular formula is C23H19F4N3O5. The second-order valence-corrected chi connectivity index (χ2v) is 6.66. The second-order valence-electron chi connectivity index (χ2n) is 6.66. The standard InChI is InChI=1S/C23H19F4N3O5/c1-32-19-9-10-28-22(35-17-7-5-16(24)6-8-17)20(19)21(31)29-14-30-34-12-11-33-18-4-2-3-15(13-18)23(25,26)27/h2-10,13-14H,11-12H2,1H3,(H,29,30,31). The molecule has 0 spiro atoms. The van der Waals surface area contributed by atoms with Gasteiger partial charge in [0.25, 0.3) is 5.91 Å². The van der Waals surface area contributed by atoms with Crippen molar-refractivity contribution in [1.29, 1.82) is 0 Å². The van der Waals surface area contributed by atoms with Gasteiger partial charge in [0.1, 0.15) is 41.6 Å². The van der Waals surface area contributed by atoms with Crippen molar-refractivity contribution in [2.24, 2.45) is 5.16 Å². The number of amides is 1. The number of alkyl halides is 3. The molecule has 0 bridgehead atoms. The first-order valence-corrected chi connectivity index (χ1v) is 9.99. The second kappa shape index (κ2) is 11.7. The van der Waals surface area contributed by atoms with Gasteiger partial charge in [0, 0.05) is 6.20 Å². The summed E-state index contributed by atoms with van der Waals surface area (Å²) in [6.45, 7) is -0.184. The Hall–Kier alpha value is -4.35. The Labute approximate surface area is 197 Å². The number of carbonyl (C=O) groups excluding carboxylic acids is 1. The zero-order valence-corrected chi connectivity index (χ0v) is 18.2. The van der Waals surface area contributed by atoms with Crippen LogP contribution >= 0.6 is 0 Å². The van der Waals surface area contributed by atoms with Gasteiger partial charge < -0.3 is 24.4 Å². The molecule has 0 saturated carbocycles. The fraction of sp³-hybridized carbons (Fsp3) is 0.174. The lowest BCUT2D eigenvalue weighted by molar-refractivity contribution is -0.137. The summed E-state index contributed by atoms with van der Waals surface area (Å²) >= 11 is 0. The highest BCUT2D eigenvalue weighted by Gasteiger charge is 2.30. The average molecular weight is 493 g/mol. The van der Waals surface area contributed by atoms with Crippen LogP contribution in [0.4, 0.5) is 17.6 Å². The number of halogens is 4. The van der Waals surface area contributed by atoms with Gasteiger partial charge in [0.05, 0.1) is 12.7 Å². The lowest BCUT2D eigenvalue weighted by atomic mass is 10.2. The Morgan fingerprint density at radius 3 is 2.57 bits per heavy atom. The van der Waals surface area contributed by atoms with Crippen LogP contribution in [0.25, 0.3) is 0 Å². The number of benzene rings is 2. The number of hydrogen-bond acceptors (Lipinski definition) is 7. The van der Waals surface area contributed by atoms with E-state index in [4.69, 9.17) is 19.0 Å². The van der Waals surface area contributed by atoms with Crippen molar-refractivity contribution < 1.29 is 41.4 Å². The summed E-state index contributed by atoms with van der Waals surface area (Å²) in [6.07, 6.45) is -2.14. The third-order valence-corrected chi connectivity index (χ3v) is 4.28. The molecule has 0 atom stereocenters. The van der Waals surface area contributed by atoms with E-state index in [9.17, 15) is 22.4 Å². The Bertz CT molecular complexity index is 1170. The Balaban J connectivity index is 1.53. The summed E-state index contributed by atoms with van der Waals surface area (Å²) in [6, 6.07) is 11.0. The van der Waals surface area contributed by atoms with Gasteiger partial charge in [0.15, 0.2) is 6.61 Å². The SMILES string of the molecule is COc1ccnc(Oc2ccc(F)cc2)c1C(=O)NC=NOCCOc1cccc(C(F)(F)F)c1. The van der Waals surface area contributed by atoms with E-state index in [0.29, 0.717) is 0 Å². The van der Waals surface area contributed by atoms with E-state index in [0.717, 1.165) is 18.5 Å². The van der Waals surface area contributed by atoms with Crippen molar-refractivity contribution in [3.05, 3.63) is 77.7 Å². The molecule has 12 heteroatoms. The molecule has 3 rings (SSSR count). The largest absolute Gasteiger partial charge is 0.496 e. The molecule has 1 N–H and O–H groups in total. The molecule has 0 aliphatic rings. The molecule has 1 heterocycles.